The molecular formula is C30H52O3. The first kappa shape index (κ1) is 29.5. The summed E-state index contributed by atoms with van der Waals surface area (Å²) >= 11 is 0. The van der Waals surface area contributed by atoms with Gasteiger partial charge in [0.2, 0.25) is 0 Å². The highest BCUT2D eigenvalue weighted by molar-refractivity contribution is 5.72. The number of ether oxygens (including phenoxy) is 1. The average molecular weight is 461 g/mol. The Bertz CT molecular complexity index is 760. The van der Waals surface area contributed by atoms with Crippen LogP contribution >= 0.6 is 0 Å². The van der Waals surface area contributed by atoms with Crippen molar-refractivity contribution in [2.75, 3.05) is 0 Å². The first-order chi connectivity index (χ1) is 14.9. The molecule has 0 saturated heterocycles. The molecule has 1 atom stereocenters. The number of unbranched alkanes of at least 4 members (excludes halogenated alkanes) is 3. The molecular weight excluding hydrogens is 408 g/mol. The molecule has 0 spiro atoms. The first-order valence-electron chi connectivity index (χ1n) is 12.9. The van der Waals surface area contributed by atoms with Crippen LogP contribution in [-0.4, -0.2) is 17.2 Å². The second kappa shape index (κ2) is 11.3. The number of hydrogen-bond donors (Lipinski definition) is 1. The van der Waals surface area contributed by atoms with Crippen molar-refractivity contribution in [1.29, 1.82) is 0 Å². The third-order valence-electron chi connectivity index (χ3n) is 6.30. The highest BCUT2D eigenvalue weighted by Gasteiger charge is 2.34. The number of carboxylic acid groups (broad SMARTS) is 1. The van der Waals surface area contributed by atoms with E-state index in [1.807, 2.05) is 6.07 Å². The van der Waals surface area contributed by atoms with Crippen LogP contribution in [0.15, 0.2) is 18.2 Å². The van der Waals surface area contributed by atoms with Crippen molar-refractivity contribution in [2.45, 2.75) is 138 Å². The highest BCUT2D eigenvalue weighted by Crippen LogP contribution is 2.44. The monoisotopic (exact) mass is 460 g/mol. The molecule has 3 nitrogen and oxygen atoms in total. The van der Waals surface area contributed by atoms with Gasteiger partial charge in [-0.2, -0.15) is 0 Å². The fourth-order valence-electron chi connectivity index (χ4n) is 5.57. The van der Waals surface area contributed by atoms with Crippen LogP contribution in [0.1, 0.15) is 132 Å². The van der Waals surface area contributed by atoms with Gasteiger partial charge in [-0.1, -0.05) is 108 Å². The third-order valence-corrected chi connectivity index (χ3v) is 6.30. The molecule has 0 aliphatic rings. The van der Waals surface area contributed by atoms with E-state index in [1.54, 1.807) is 0 Å². The Hall–Kier alpha value is -1.51. The molecule has 0 radical (unpaired) electrons. The second-order valence-electron chi connectivity index (χ2n) is 13.7. The minimum atomic E-state index is -0.872. The lowest BCUT2D eigenvalue weighted by molar-refractivity contribution is -0.145. The number of hydrogen-bond acceptors (Lipinski definition) is 2. The number of carboxylic acids is 1. The van der Waals surface area contributed by atoms with Gasteiger partial charge in [-0.25, -0.2) is 4.79 Å². The quantitative estimate of drug-likeness (QED) is 0.317. The smallest absolute Gasteiger partial charge is 0.344 e. The summed E-state index contributed by atoms with van der Waals surface area (Å²) in [7, 11) is 0. The van der Waals surface area contributed by atoms with Gasteiger partial charge in [0.05, 0.1) is 0 Å². The lowest BCUT2D eigenvalue weighted by Gasteiger charge is -2.37. The molecule has 190 valence electrons. The zero-order valence-electron chi connectivity index (χ0n) is 23.5. The van der Waals surface area contributed by atoms with E-state index in [0.717, 1.165) is 49.8 Å². The van der Waals surface area contributed by atoms with Crippen LogP contribution in [-0.2, 0) is 15.6 Å². The topological polar surface area (TPSA) is 46.5 Å². The lowest BCUT2D eigenvalue weighted by atomic mass is 9.68. The molecule has 0 aliphatic carbocycles. The van der Waals surface area contributed by atoms with Gasteiger partial charge in [0, 0.05) is 5.56 Å². The van der Waals surface area contributed by atoms with Crippen LogP contribution in [0.25, 0.3) is 0 Å². The summed E-state index contributed by atoms with van der Waals surface area (Å²) in [6, 6.07) is 6.47. The zero-order valence-corrected chi connectivity index (χ0v) is 23.5. The molecule has 0 fully saturated rings. The van der Waals surface area contributed by atoms with Crippen molar-refractivity contribution in [3.05, 3.63) is 29.3 Å². The fraction of sp³-hybridized carbons (Fsp3) is 0.767. The van der Waals surface area contributed by atoms with Crippen LogP contribution in [0.2, 0.25) is 0 Å². The van der Waals surface area contributed by atoms with Gasteiger partial charge in [-0.05, 0) is 59.0 Å². The molecule has 1 N–H and O–H groups in total. The summed E-state index contributed by atoms with van der Waals surface area (Å²) in [4.78, 5) is 12.0. The van der Waals surface area contributed by atoms with Gasteiger partial charge in [-0.3, -0.25) is 0 Å². The molecule has 33 heavy (non-hydrogen) atoms. The molecule has 0 amide bonds. The van der Waals surface area contributed by atoms with Gasteiger partial charge >= 0.3 is 5.97 Å². The molecule has 0 aromatic heterocycles. The Morgan fingerprint density at radius 2 is 1.39 bits per heavy atom. The first-order valence-corrected chi connectivity index (χ1v) is 12.9. The van der Waals surface area contributed by atoms with Crippen molar-refractivity contribution in [3.8, 4) is 5.75 Å². The SMILES string of the molecule is CCCCCCC(Oc1ccc(C(C)(C)CC(C)(C)C)cc1C(C)(C)CC(C)(C)C)C(=O)O. The van der Waals surface area contributed by atoms with Crippen molar-refractivity contribution in [3.63, 3.8) is 0 Å². The largest absolute Gasteiger partial charge is 0.479 e. The van der Waals surface area contributed by atoms with E-state index < -0.39 is 12.1 Å². The van der Waals surface area contributed by atoms with Gasteiger partial charge in [0.1, 0.15) is 5.75 Å². The molecule has 1 aromatic rings. The van der Waals surface area contributed by atoms with Crippen LogP contribution in [0, 0.1) is 10.8 Å². The molecule has 0 saturated carbocycles. The van der Waals surface area contributed by atoms with Crippen molar-refractivity contribution < 1.29 is 14.6 Å². The average Bonchev–Trinajstić information content (AvgIpc) is 2.60. The normalized spacial score (nSPS) is 14.3. The Morgan fingerprint density at radius 3 is 1.88 bits per heavy atom. The van der Waals surface area contributed by atoms with Gasteiger partial charge in [0.15, 0.2) is 6.10 Å². The maximum absolute atomic E-state index is 12.0. The number of benzene rings is 1. The minimum absolute atomic E-state index is 0.00962. The number of carbonyl (C=O) groups is 1. The molecule has 1 unspecified atom stereocenters. The summed E-state index contributed by atoms with van der Waals surface area (Å²) in [5, 5.41) is 9.86. The number of aliphatic carboxylic acids is 1. The summed E-state index contributed by atoms with van der Waals surface area (Å²) < 4.78 is 6.26. The van der Waals surface area contributed by atoms with E-state index in [9.17, 15) is 9.90 Å². The molecule has 0 bridgehead atoms. The minimum Gasteiger partial charge on any atom is -0.479 e. The predicted octanol–water partition coefficient (Wildman–Crippen LogP) is 8.92. The Kier molecular flexibility index (Phi) is 10.1. The van der Waals surface area contributed by atoms with Gasteiger partial charge < -0.3 is 9.84 Å². The van der Waals surface area contributed by atoms with E-state index in [0.29, 0.717) is 6.42 Å². The van der Waals surface area contributed by atoms with Crippen LogP contribution in [0.5, 0.6) is 5.75 Å². The number of rotatable bonds is 12. The third kappa shape index (κ3) is 10.1. The molecule has 1 aromatic carbocycles. The van der Waals surface area contributed by atoms with Crippen molar-refractivity contribution in [1.82, 2.24) is 0 Å². The van der Waals surface area contributed by atoms with Crippen LogP contribution in [0.3, 0.4) is 0 Å². The van der Waals surface area contributed by atoms with E-state index in [-0.39, 0.29) is 21.7 Å². The summed E-state index contributed by atoms with van der Waals surface area (Å²) in [6.45, 7) is 24.9. The second-order valence-corrected chi connectivity index (χ2v) is 13.7. The van der Waals surface area contributed by atoms with Gasteiger partial charge in [-0.15, -0.1) is 0 Å². The molecule has 0 aliphatic heterocycles. The van der Waals surface area contributed by atoms with Crippen molar-refractivity contribution in [2.24, 2.45) is 10.8 Å². The molecule has 0 heterocycles. The van der Waals surface area contributed by atoms with Crippen molar-refractivity contribution >= 4 is 5.97 Å². The van der Waals surface area contributed by atoms with Crippen LogP contribution < -0.4 is 4.74 Å². The fourth-order valence-corrected chi connectivity index (χ4v) is 5.57. The Morgan fingerprint density at radius 1 is 0.848 bits per heavy atom. The maximum Gasteiger partial charge on any atom is 0.344 e. The molecule has 3 heteroatoms. The summed E-state index contributed by atoms with van der Waals surface area (Å²) in [5.74, 6) is -0.148. The highest BCUT2D eigenvalue weighted by atomic mass is 16.5. The van der Waals surface area contributed by atoms with E-state index >= 15 is 0 Å². The van der Waals surface area contributed by atoms with E-state index in [2.05, 4.69) is 88.3 Å². The predicted molar refractivity (Wildman–Crippen MR) is 141 cm³/mol. The lowest BCUT2D eigenvalue weighted by Crippen LogP contribution is -2.31. The van der Waals surface area contributed by atoms with E-state index in [4.69, 9.17) is 4.74 Å². The summed E-state index contributed by atoms with van der Waals surface area (Å²) in [6.07, 6.45) is 5.98. The standard InChI is InChI=1S/C30H52O3/c1-12-13-14-15-16-25(26(31)32)33-24-18-17-22(29(8,9)20-27(2,3)4)19-23(24)30(10,11)21-28(5,6)7/h17-19,25H,12-16,20-21H2,1-11H3,(H,31,32). The zero-order chi connectivity index (χ0) is 25.7. The van der Waals surface area contributed by atoms with Crippen LogP contribution in [0.4, 0.5) is 0 Å². The Balaban J connectivity index is 3.42. The van der Waals surface area contributed by atoms with E-state index in [1.165, 1.54) is 5.56 Å². The summed E-state index contributed by atoms with van der Waals surface area (Å²) in [5.41, 5.74) is 2.63. The molecule has 1 rings (SSSR count). The maximum atomic E-state index is 12.0. The Labute approximate surface area is 204 Å². The van der Waals surface area contributed by atoms with Gasteiger partial charge in [0.25, 0.3) is 0 Å².